The van der Waals surface area contributed by atoms with Gasteiger partial charge in [-0.05, 0) is 0 Å². The van der Waals surface area contributed by atoms with E-state index in [4.69, 9.17) is 2.69 Å². The molecule has 0 atom stereocenters. The molecule has 0 saturated heterocycles. The van der Waals surface area contributed by atoms with E-state index in [1.165, 1.54) is 0 Å². The van der Waals surface area contributed by atoms with Crippen LogP contribution in [0.3, 0.4) is 0 Å². The Morgan fingerprint density at radius 1 is 0.304 bits per heavy atom. The van der Waals surface area contributed by atoms with Gasteiger partial charge in [-0.3, -0.25) is 0 Å². The van der Waals surface area contributed by atoms with Crippen LogP contribution in [0.15, 0.2) is 24.3 Å². The number of phenolic OH excluding ortho intramolecular Hbond substituents is 7. The number of nitrogens with zero attached hydrogens (tertiary/aromatic N) is 12. The second-order valence-electron chi connectivity index (χ2n) is 11.8. The number of rotatable bonds is 20. The van der Waals surface area contributed by atoms with Gasteiger partial charge < -0.3 is 0 Å². The van der Waals surface area contributed by atoms with Crippen molar-refractivity contribution in [2.45, 2.75) is 0 Å². The molecule has 45 heteroatoms. The van der Waals surface area contributed by atoms with Gasteiger partial charge in [-0.15, -0.1) is 0 Å². The molecule has 44 nitrogen and oxygen atoms in total. The standard InChI is InChI=1S/4C6H3N3O8.Pb/c4*10-5-2(7(12)13)1-3(8(14)15)6(11)4(5)9(16)17;/h4*1,10-11H;/q;;;;+4/p-1. The maximum absolute atomic E-state index is 13.9. The second kappa shape index (κ2) is 18.2. The van der Waals surface area contributed by atoms with Crippen molar-refractivity contribution >= 4 is 91.2 Å². The van der Waals surface area contributed by atoms with Gasteiger partial charge in [0, 0.05) is 0 Å². The number of nitro benzene ring substituents is 9. The van der Waals surface area contributed by atoms with E-state index in [1.807, 2.05) is 0 Å². The van der Waals surface area contributed by atoms with E-state index in [0.29, 0.717) is 0 Å². The Labute approximate surface area is 372 Å². The van der Waals surface area contributed by atoms with Gasteiger partial charge in [-0.2, -0.15) is 0 Å². The van der Waals surface area contributed by atoms with Crippen LogP contribution in [-0.4, -0.2) is 118 Å². The third kappa shape index (κ3) is 9.19. The van der Waals surface area contributed by atoms with Crippen LogP contribution >= 0.6 is 0 Å². The summed E-state index contributed by atoms with van der Waals surface area (Å²) in [5.41, 5.74) is -26.4. The number of aromatic hydroxyl groups is 7. The van der Waals surface area contributed by atoms with E-state index in [2.05, 4.69) is 8.36 Å². The molecule has 0 aliphatic carbocycles. The molecule has 0 aliphatic heterocycles. The molecule has 7 N–H and O–H groups in total. The molecule has 360 valence electrons. The molecule has 0 saturated carbocycles. The predicted octanol–water partition coefficient (Wildman–Crippen LogP) is 2.74. The van der Waals surface area contributed by atoms with Gasteiger partial charge in [0.1, 0.15) is 0 Å². The molecule has 69 heavy (non-hydrogen) atoms. The van der Waals surface area contributed by atoms with E-state index in [0.717, 1.165) is 0 Å². The van der Waals surface area contributed by atoms with Gasteiger partial charge >= 0.3 is 373 Å². The van der Waals surface area contributed by atoms with Crippen LogP contribution in [0.1, 0.15) is 0 Å². The average molecular weight is 1190 g/mol. The van der Waals surface area contributed by atoms with Crippen molar-refractivity contribution in [3.63, 3.8) is 0 Å². The maximum atomic E-state index is 13.9. The fraction of sp³-hybridized carbons (Fsp3) is 0. The molecule has 0 fully saturated rings. The number of phenols is 7. The molecule has 0 aromatic heterocycles. The van der Waals surface area contributed by atoms with Crippen LogP contribution in [0.4, 0.5) is 68.2 Å². The van der Waals surface area contributed by atoms with Crippen molar-refractivity contribution in [3.8, 4) is 46.0 Å². The first-order chi connectivity index (χ1) is 31.8. The van der Waals surface area contributed by atoms with Crippen LogP contribution in [-0.2, 0) is 8.36 Å². The Bertz CT molecular complexity index is 2760. The summed E-state index contributed by atoms with van der Waals surface area (Å²) >= 11 is -9.56. The van der Waals surface area contributed by atoms with Crippen molar-refractivity contribution < 1.29 is 106 Å². The van der Waals surface area contributed by atoms with Crippen LogP contribution in [0.2, 0.25) is 0 Å². The fourth-order valence-electron chi connectivity index (χ4n) is 5.05. The fourth-order valence-corrected chi connectivity index (χ4v) is 11.1. The number of hydrogen-bond donors (Lipinski definition) is 7. The third-order valence-corrected chi connectivity index (χ3v) is 14.2. The molecule has 0 radical (unpaired) electrons. The molecule has 0 unspecified atom stereocenters. The molecule has 0 amide bonds. The second-order valence-corrected chi connectivity index (χ2v) is 18.6. The Morgan fingerprint density at radius 3 is 0.681 bits per heavy atom. The van der Waals surface area contributed by atoms with Crippen molar-refractivity contribution in [2.24, 2.45) is 0 Å². The van der Waals surface area contributed by atoms with Crippen LogP contribution in [0.25, 0.3) is 0 Å². The summed E-state index contributed by atoms with van der Waals surface area (Å²) in [5, 5.41) is 181. The Hall–Kier alpha value is -11.0. The zero-order valence-corrected chi connectivity index (χ0v) is 35.4. The van der Waals surface area contributed by atoms with Crippen molar-refractivity contribution in [3.05, 3.63) is 130 Å². The molecule has 4 rings (SSSR count). The zero-order valence-electron chi connectivity index (χ0n) is 31.5. The minimum absolute atomic E-state index is 0.296. The monoisotopic (exact) mass is 1190 g/mol. The van der Waals surface area contributed by atoms with Gasteiger partial charge in [-0.1, -0.05) is 0 Å². The molecule has 4 aromatic rings. The van der Waals surface area contributed by atoms with E-state index in [9.17, 15) is 141 Å². The van der Waals surface area contributed by atoms with Crippen LogP contribution < -0.4 is 2.69 Å². The third-order valence-electron chi connectivity index (χ3n) is 7.93. The average Bonchev–Trinajstić information content (AvgIpc) is 3.19. The SMILES string of the molecule is O=[N+]([O-])c1cc([N+](=O)[O-])c([O][Pb]([O][N+](=O)c2c(O)c([N+](=O)[O-])cc([N+](=O)[O-])c2O)([O][N+](=O)c2c(O)c([N+](=O)[O-])cc([N+](=O)[O-])c2O)[O][N+](=O)c2c(O)c([N+](=O)[O-])cc([N+](=O)[O-])c2O)c([N+](=O)[O-])c1O. The normalized spacial score (nSPS) is 10.8. The van der Waals surface area contributed by atoms with Crippen LogP contribution in [0, 0.1) is 106 Å². The molecule has 0 heterocycles. The summed E-state index contributed by atoms with van der Waals surface area (Å²) in [5.74, 6) is -19.0. The van der Waals surface area contributed by atoms with Gasteiger partial charge in [0.15, 0.2) is 0 Å². The van der Waals surface area contributed by atoms with E-state index >= 15 is 0 Å². The van der Waals surface area contributed by atoms with Crippen LogP contribution in [0.5, 0.6) is 46.0 Å². The first-order valence-corrected chi connectivity index (χ1v) is 22.3. The summed E-state index contributed by atoms with van der Waals surface area (Å²) in [6.07, 6.45) is 0. The Morgan fingerprint density at radius 2 is 0.493 bits per heavy atom. The molecule has 0 spiro atoms. The van der Waals surface area contributed by atoms with Crippen molar-refractivity contribution in [1.82, 2.24) is 0 Å². The van der Waals surface area contributed by atoms with Gasteiger partial charge in [0.2, 0.25) is 0 Å². The predicted molar refractivity (Wildman–Crippen MR) is 197 cm³/mol. The summed E-state index contributed by atoms with van der Waals surface area (Å²) in [4.78, 5) is 126. The minimum atomic E-state index is -9.56. The summed E-state index contributed by atoms with van der Waals surface area (Å²) < 4.78 is 18.5. The summed E-state index contributed by atoms with van der Waals surface area (Å²) in [6, 6.07) is -1.39. The van der Waals surface area contributed by atoms with Gasteiger partial charge in [0.05, 0.1) is 0 Å². The van der Waals surface area contributed by atoms with E-state index in [-0.39, 0.29) is 18.2 Å². The summed E-state index contributed by atoms with van der Waals surface area (Å²) in [7, 11) is 0. The molecular weight excluding hydrogens is 1180 g/mol. The number of benzene rings is 4. The zero-order chi connectivity index (χ0) is 52.6. The quantitative estimate of drug-likeness (QED) is 0.0380. The Kier molecular flexibility index (Phi) is 13.4. The molecular formula is C24H11N12O32Pb+3. The van der Waals surface area contributed by atoms with E-state index < -0.39 is 202 Å². The molecule has 0 aliphatic rings. The van der Waals surface area contributed by atoms with Crippen molar-refractivity contribution in [2.75, 3.05) is 0 Å². The molecule has 0 bridgehead atoms. The number of nitro groups is 9. The topological polar surface area (TPSA) is 627 Å². The number of hydrogen-bond acceptors (Lipinski definition) is 32. The molecule has 4 aromatic carbocycles. The first-order valence-electron chi connectivity index (χ1n) is 16.0. The van der Waals surface area contributed by atoms with Gasteiger partial charge in [-0.25, -0.2) is 0 Å². The Balaban J connectivity index is 2.34. The summed E-state index contributed by atoms with van der Waals surface area (Å²) in [6.45, 7) is 0. The van der Waals surface area contributed by atoms with Crippen molar-refractivity contribution in [1.29, 1.82) is 0 Å². The van der Waals surface area contributed by atoms with E-state index in [1.54, 1.807) is 0 Å². The van der Waals surface area contributed by atoms with Gasteiger partial charge in [0.25, 0.3) is 0 Å². The first kappa shape index (κ1) is 50.6.